The van der Waals surface area contributed by atoms with E-state index in [1.165, 1.54) is 0 Å². The van der Waals surface area contributed by atoms with Crippen molar-refractivity contribution in [3.05, 3.63) is 0 Å². The van der Waals surface area contributed by atoms with Gasteiger partial charge < -0.3 is 0 Å². The van der Waals surface area contributed by atoms with Gasteiger partial charge in [0, 0.05) is 0 Å². The Morgan fingerprint density at radius 3 is 2.80 bits per heavy atom. The third kappa shape index (κ3) is 0.870. The van der Waals surface area contributed by atoms with Crippen LogP contribution in [0, 0.1) is 0 Å². The van der Waals surface area contributed by atoms with Crippen LogP contribution in [0.1, 0.15) is 0 Å². The number of carbonyl (C=O) groups excluding carboxylic acids is 1. The average Bonchev–Trinajstić information content (AvgIpc) is 2.36. The van der Waals surface area contributed by atoms with Gasteiger partial charge in [-0.1, -0.05) is 0 Å². The van der Waals surface area contributed by atoms with E-state index in [1.54, 1.807) is 0 Å². The Morgan fingerprint density at radius 1 is 1.70 bits per heavy atom. The van der Waals surface area contributed by atoms with Gasteiger partial charge in [0.15, 0.2) is 0 Å². The lowest BCUT2D eigenvalue weighted by Gasteiger charge is -2.10. The van der Waals surface area contributed by atoms with Crippen LogP contribution in [0.3, 0.4) is 0 Å². The summed E-state index contributed by atoms with van der Waals surface area (Å²) < 4.78 is 0. The van der Waals surface area contributed by atoms with Crippen LogP contribution >= 0.6 is 0 Å². The van der Waals surface area contributed by atoms with E-state index in [2.05, 4.69) is 15.4 Å². The van der Waals surface area contributed by atoms with Crippen molar-refractivity contribution in [2.24, 2.45) is 27.0 Å². The number of carbonyl (C=O) groups is 1. The van der Waals surface area contributed by atoms with Crippen LogP contribution in [0.15, 0.2) is 15.4 Å². The summed E-state index contributed by atoms with van der Waals surface area (Å²) in [5.74, 6) is 4.15. The first-order chi connectivity index (χ1) is 4.69. The van der Waals surface area contributed by atoms with Gasteiger partial charge in [-0.3, -0.25) is 16.0 Å². The van der Waals surface area contributed by atoms with Crippen molar-refractivity contribution in [3.8, 4) is 0 Å². The molecule has 0 bridgehead atoms. The maximum atomic E-state index is 10.7. The van der Waals surface area contributed by atoms with E-state index in [1.807, 2.05) is 5.43 Å². The number of hydrazine groups is 1. The summed E-state index contributed by atoms with van der Waals surface area (Å²) >= 11 is 0. The molecule has 1 aliphatic heterocycles. The summed E-state index contributed by atoms with van der Waals surface area (Å²) in [4.78, 5) is 10.7. The number of hydrogen-bond acceptors (Lipinski definition) is 6. The summed E-state index contributed by atoms with van der Waals surface area (Å²) in [6, 6.07) is 0. The zero-order chi connectivity index (χ0) is 7.61. The Hall–Kier alpha value is -1.34. The molecule has 0 aromatic rings. The molecule has 0 aromatic heterocycles. The van der Waals surface area contributed by atoms with Gasteiger partial charge in [0.25, 0.3) is 5.91 Å². The fourth-order valence-corrected chi connectivity index (χ4v) is 0.459. The second-order valence-electron chi connectivity index (χ2n) is 1.73. The molecule has 1 rings (SSSR count). The normalized spacial score (nSPS) is 29.0. The van der Waals surface area contributed by atoms with E-state index < -0.39 is 11.6 Å². The lowest BCUT2D eigenvalue weighted by atomic mass is 10.2. The van der Waals surface area contributed by atoms with Crippen molar-refractivity contribution in [2.45, 2.75) is 5.66 Å². The van der Waals surface area contributed by atoms with Gasteiger partial charge in [-0.05, 0) is 5.22 Å². The SMILES string of the molecule is NNC(=O)C1(N)C=NN=N1. The fraction of sp³-hybridized carbons (Fsp3) is 0.333. The molecule has 7 heteroatoms. The number of hydrogen-bond donors (Lipinski definition) is 3. The molecule has 0 fully saturated rings. The van der Waals surface area contributed by atoms with E-state index in [4.69, 9.17) is 11.6 Å². The van der Waals surface area contributed by atoms with E-state index in [9.17, 15) is 4.79 Å². The molecule has 1 unspecified atom stereocenters. The third-order valence-corrected chi connectivity index (χ3v) is 1.01. The molecule has 0 aliphatic carbocycles. The number of nitrogens with zero attached hydrogens (tertiary/aromatic N) is 3. The predicted octanol–water partition coefficient (Wildman–Crippen LogP) is -1.92. The molecule has 10 heavy (non-hydrogen) atoms. The smallest absolute Gasteiger partial charge is 0.284 e. The van der Waals surface area contributed by atoms with Crippen molar-refractivity contribution in [1.82, 2.24) is 5.43 Å². The molecule has 1 atom stereocenters. The van der Waals surface area contributed by atoms with Gasteiger partial charge >= 0.3 is 0 Å². The van der Waals surface area contributed by atoms with Crippen LogP contribution in [-0.4, -0.2) is 17.8 Å². The van der Waals surface area contributed by atoms with Crippen LogP contribution in [0.4, 0.5) is 0 Å². The molecule has 0 radical (unpaired) electrons. The van der Waals surface area contributed by atoms with Crippen molar-refractivity contribution >= 4 is 12.1 Å². The van der Waals surface area contributed by atoms with Crippen LogP contribution in [0.5, 0.6) is 0 Å². The monoisotopic (exact) mass is 142 g/mol. The van der Waals surface area contributed by atoms with Crippen LogP contribution in [0.2, 0.25) is 0 Å². The van der Waals surface area contributed by atoms with Crippen LogP contribution in [0.25, 0.3) is 0 Å². The standard InChI is InChI=1S/C3H6N6O/c4-3(2(10)7-5)1-6-9-8-3/h1H,4-5H2,(H,7,10). The van der Waals surface area contributed by atoms with Gasteiger partial charge in [-0.25, -0.2) is 5.84 Å². The Kier molecular flexibility index (Phi) is 1.44. The van der Waals surface area contributed by atoms with Crippen LogP contribution < -0.4 is 17.0 Å². The van der Waals surface area contributed by atoms with Crippen molar-refractivity contribution in [1.29, 1.82) is 0 Å². The molecule has 0 saturated carbocycles. The highest BCUT2D eigenvalue weighted by atomic mass is 16.2. The summed E-state index contributed by atoms with van der Waals surface area (Å²) in [5, 5.41) is 9.78. The second-order valence-corrected chi connectivity index (χ2v) is 1.73. The first-order valence-electron chi connectivity index (χ1n) is 2.45. The predicted molar refractivity (Wildman–Crippen MR) is 32.6 cm³/mol. The summed E-state index contributed by atoms with van der Waals surface area (Å²) in [6.45, 7) is 0. The molecule has 1 aliphatic rings. The van der Waals surface area contributed by atoms with Crippen LogP contribution in [-0.2, 0) is 4.79 Å². The molecule has 7 nitrogen and oxygen atoms in total. The number of rotatable bonds is 1. The molecule has 0 aromatic carbocycles. The number of nitrogens with one attached hydrogen (secondary N) is 1. The van der Waals surface area contributed by atoms with E-state index in [-0.39, 0.29) is 0 Å². The zero-order valence-electron chi connectivity index (χ0n) is 4.98. The lowest BCUT2D eigenvalue weighted by molar-refractivity contribution is -0.123. The first kappa shape index (κ1) is 6.78. The minimum absolute atomic E-state index is 0.641. The van der Waals surface area contributed by atoms with Gasteiger partial charge in [0.2, 0.25) is 5.66 Å². The maximum Gasteiger partial charge on any atom is 0.284 e. The van der Waals surface area contributed by atoms with E-state index >= 15 is 0 Å². The molecule has 1 heterocycles. The zero-order valence-corrected chi connectivity index (χ0v) is 4.98. The minimum atomic E-state index is -1.51. The van der Waals surface area contributed by atoms with Gasteiger partial charge in [-0.15, -0.1) is 10.2 Å². The van der Waals surface area contributed by atoms with E-state index in [0.29, 0.717) is 0 Å². The van der Waals surface area contributed by atoms with E-state index in [0.717, 1.165) is 6.21 Å². The molecular formula is C3H6N6O. The second kappa shape index (κ2) is 2.12. The number of amides is 1. The highest BCUT2D eigenvalue weighted by Gasteiger charge is 2.34. The van der Waals surface area contributed by atoms with Gasteiger partial charge in [0.05, 0.1) is 6.21 Å². The maximum absolute atomic E-state index is 10.7. The Bertz CT molecular complexity index is 195. The Labute approximate surface area is 56.1 Å². The molecule has 0 spiro atoms. The molecule has 54 valence electrons. The highest BCUT2D eigenvalue weighted by Crippen LogP contribution is 2.06. The average molecular weight is 142 g/mol. The topological polar surface area (TPSA) is 118 Å². The third-order valence-electron chi connectivity index (χ3n) is 1.01. The molecular weight excluding hydrogens is 136 g/mol. The summed E-state index contributed by atoms with van der Waals surface area (Å²) in [7, 11) is 0. The lowest BCUT2D eigenvalue weighted by Crippen LogP contribution is -2.54. The fourth-order valence-electron chi connectivity index (χ4n) is 0.459. The molecule has 0 saturated heterocycles. The first-order valence-corrected chi connectivity index (χ1v) is 2.45. The van der Waals surface area contributed by atoms with Crippen molar-refractivity contribution in [3.63, 3.8) is 0 Å². The largest absolute Gasteiger partial charge is 0.293 e. The molecule has 1 amide bonds. The summed E-state index contributed by atoms with van der Waals surface area (Å²) in [6.07, 6.45) is 1.11. The Balaban J connectivity index is 2.79. The number of nitrogens with two attached hydrogens (primary N) is 2. The summed E-state index contributed by atoms with van der Waals surface area (Å²) in [5.41, 5.74) is 5.64. The minimum Gasteiger partial charge on any atom is -0.293 e. The van der Waals surface area contributed by atoms with Crippen molar-refractivity contribution in [2.75, 3.05) is 0 Å². The van der Waals surface area contributed by atoms with Gasteiger partial charge in [0.1, 0.15) is 0 Å². The Morgan fingerprint density at radius 2 is 2.40 bits per heavy atom. The molecule has 5 N–H and O–H groups in total. The highest BCUT2D eigenvalue weighted by molar-refractivity contribution is 6.02. The van der Waals surface area contributed by atoms with Gasteiger partial charge in [-0.2, -0.15) is 0 Å². The quantitative estimate of drug-likeness (QED) is 0.225. The van der Waals surface area contributed by atoms with Crippen molar-refractivity contribution < 1.29 is 4.79 Å².